The number of ether oxygens (including phenoxy) is 1. The Hall–Kier alpha value is -0.0800. The van der Waals surface area contributed by atoms with Crippen molar-refractivity contribution in [2.24, 2.45) is 5.92 Å². The minimum absolute atomic E-state index is 0.802. The third-order valence-electron chi connectivity index (χ3n) is 2.94. The van der Waals surface area contributed by atoms with Crippen LogP contribution < -0.4 is 5.32 Å². The van der Waals surface area contributed by atoms with Gasteiger partial charge in [0, 0.05) is 13.7 Å². The second-order valence-electron chi connectivity index (χ2n) is 4.41. The molecule has 1 atom stereocenters. The van der Waals surface area contributed by atoms with Crippen LogP contribution in [0.2, 0.25) is 0 Å². The summed E-state index contributed by atoms with van der Waals surface area (Å²) >= 11 is 0. The number of hydrogen-bond donors (Lipinski definition) is 1. The largest absolute Gasteiger partial charge is 0.385 e. The highest BCUT2D eigenvalue weighted by Gasteiger charge is 2.06. The monoisotopic (exact) mass is 215 g/mol. The van der Waals surface area contributed by atoms with E-state index in [1.165, 1.54) is 44.9 Å². The average molecular weight is 215 g/mol. The molecule has 0 spiro atoms. The zero-order chi connectivity index (χ0) is 11.4. The summed E-state index contributed by atoms with van der Waals surface area (Å²) in [6.45, 7) is 4.31. The Labute approximate surface area is 95.8 Å². The lowest BCUT2D eigenvalue weighted by atomic mass is 9.97. The van der Waals surface area contributed by atoms with Crippen molar-refractivity contribution in [2.75, 3.05) is 27.3 Å². The summed E-state index contributed by atoms with van der Waals surface area (Å²) in [7, 11) is 3.83. The summed E-state index contributed by atoms with van der Waals surface area (Å²) in [5, 5.41) is 3.27. The molecular weight excluding hydrogens is 186 g/mol. The van der Waals surface area contributed by atoms with Crippen molar-refractivity contribution in [2.45, 2.75) is 51.9 Å². The van der Waals surface area contributed by atoms with Crippen molar-refractivity contribution in [3.8, 4) is 0 Å². The van der Waals surface area contributed by atoms with Crippen LogP contribution in [-0.4, -0.2) is 27.3 Å². The zero-order valence-corrected chi connectivity index (χ0v) is 10.8. The van der Waals surface area contributed by atoms with E-state index in [1.807, 2.05) is 7.05 Å². The lowest BCUT2D eigenvalue weighted by Crippen LogP contribution is -2.20. The van der Waals surface area contributed by atoms with E-state index in [2.05, 4.69) is 12.2 Å². The molecule has 0 aromatic carbocycles. The Bertz CT molecular complexity index is 117. The van der Waals surface area contributed by atoms with Crippen molar-refractivity contribution in [1.29, 1.82) is 0 Å². The van der Waals surface area contributed by atoms with Crippen molar-refractivity contribution in [3.05, 3.63) is 0 Å². The van der Waals surface area contributed by atoms with E-state index in [4.69, 9.17) is 4.74 Å². The van der Waals surface area contributed by atoms with Gasteiger partial charge in [-0.05, 0) is 32.4 Å². The van der Waals surface area contributed by atoms with Gasteiger partial charge in [0.1, 0.15) is 0 Å². The third kappa shape index (κ3) is 10.2. The van der Waals surface area contributed by atoms with Crippen LogP contribution in [0, 0.1) is 5.92 Å². The zero-order valence-electron chi connectivity index (χ0n) is 10.8. The topological polar surface area (TPSA) is 21.3 Å². The van der Waals surface area contributed by atoms with Gasteiger partial charge in [0.15, 0.2) is 0 Å². The second-order valence-corrected chi connectivity index (χ2v) is 4.41. The van der Waals surface area contributed by atoms with E-state index in [0.717, 1.165) is 19.1 Å². The van der Waals surface area contributed by atoms with E-state index in [0.29, 0.717) is 0 Å². The smallest absolute Gasteiger partial charge is 0.0465 e. The number of hydrogen-bond acceptors (Lipinski definition) is 2. The normalized spacial score (nSPS) is 13.0. The molecule has 0 aromatic rings. The van der Waals surface area contributed by atoms with Gasteiger partial charge in [-0.2, -0.15) is 0 Å². The summed E-state index contributed by atoms with van der Waals surface area (Å²) in [5.41, 5.74) is 0. The van der Waals surface area contributed by atoms with Crippen molar-refractivity contribution in [1.82, 2.24) is 5.32 Å². The van der Waals surface area contributed by atoms with Crippen molar-refractivity contribution < 1.29 is 4.74 Å². The van der Waals surface area contributed by atoms with Crippen LogP contribution in [0.4, 0.5) is 0 Å². The minimum atomic E-state index is 0.802. The van der Waals surface area contributed by atoms with E-state index < -0.39 is 0 Å². The molecule has 0 amide bonds. The van der Waals surface area contributed by atoms with Crippen LogP contribution in [0.1, 0.15) is 51.9 Å². The van der Waals surface area contributed by atoms with Crippen LogP contribution in [0.3, 0.4) is 0 Å². The SMILES string of the molecule is CCCCCCCC(CCOC)CNC. The van der Waals surface area contributed by atoms with Crippen molar-refractivity contribution >= 4 is 0 Å². The Morgan fingerprint density at radius 2 is 1.80 bits per heavy atom. The van der Waals surface area contributed by atoms with Gasteiger partial charge in [0.2, 0.25) is 0 Å². The third-order valence-corrected chi connectivity index (χ3v) is 2.94. The molecule has 0 aliphatic heterocycles. The molecule has 1 unspecified atom stereocenters. The summed E-state index contributed by atoms with van der Waals surface area (Å²) in [5.74, 6) is 0.802. The second kappa shape index (κ2) is 12.0. The molecule has 0 rings (SSSR count). The van der Waals surface area contributed by atoms with Gasteiger partial charge in [-0.3, -0.25) is 0 Å². The molecule has 2 heteroatoms. The van der Waals surface area contributed by atoms with Gasteiger partial charge in [-0.15, -0.1) is 0 Å². The molecule has 0 aliphatic carbocycles. The van der Waals surface area contributed by atoms with Gasteiger partial charge < -0.3 is 10.1 Å². The first-order chi connectivity index (χ1) is 7.35. The van der Waals surface area contributed by atoms with E-state index in [-0.39, 0.29) is 0 Å². The molecule has 0 saturated heterocycles. The highest BCUT2D eigenvalue weighted by molar-refractivity contribution is 4.61. The van der Waals surface area contributed by atoms with E-state index in [1.54, 1.807) is 7.11 Å². The summed E-state index contributed by atoms with van der Waals surface area (Å²) in [4.78, 5) is 0. The maximum Gasteiger partial charge on any atom is 0.0465 e. The Morgan fingerprint density at radius 3 is 2.40 bits per heavy atom. The summed E-state index contributed by atoms with van der Waals surface area (Å²) in [6, 6.07) is 0. The fourth-order valence-corrected chi connectivity index (χ4v) is 1.96. The number of unbranched alkanes of at least 4 members (excludes halogenated alkanes) is 4. The summed E-state index contributed by atoms with van der Waals surface area (Å²) < 4.78 is 5.14. The molecule has 0 aliphatic rings. The maximum absolute atomic E-state index is 5.14. The molecule has 2 nitrogen and oxygen atoms in total. The minimum Gasteiger partial charge on any atom is -0.385 e. The van der Waals surface area contributed by atoms with Gasteiger partial charge >= 0.3 is 0 Å². The highest BCUT2D eigenvalue weighted by atomic mass is 16.5. The maximum atomic E-state index is 5.14. The Morgan fingerprint density at radius 1 is 1.07 bits per heavy atom. The van der Waals surface area contributed by atoms with Crippen molar-refractivity contribution in [3.63, 3.8) is 0 Å². The molecular formula is C13H29NO. The molecule has 0 radical (unpaired) electrons. The predicted octanol–water partition coefficient (Wildman–Crippen LogP) is 3.22. The van der Waals surface area contributed by atoms with Gasteiger partial charge in [-0.25, -0.2) is 0 Å². The Balaban J connectivity index is 3.38. The predicted molar refractivity (Wildman–Crippen MR) is 67.3 cm³/mol. The first kappa shape index (κ1) is 14.9. The quantitative estimate of drug-likeness (QED) is 0.534. The standard InChI is InChI=1S/C13H29NO/c1-4-5-6-7-8-9-13(12-14-2)10-11-15-3/h13-14H,4-12H2,1-3H3. The number of nitrogens with one attached hydrogen (secondary N) is 1. The molecule has 92 valence electrons. The Kier molecular flexibility index (Phi) is 11.9. The van der Waals surface area contributed by atoms with E-state index in [9.17, 15) is 0 Å². The lowest BCUT2D eigenvalue weighted by Gasteiger charge is -2.15. The number of methoxy groups -OCH3 is 1. The first-order valence-electron chi connectivity index (χ1n) is 6.48. The molecule has 15 heavy (non-hydrogen) atoms. The van der Waals surface area contributed by atoms with Gasteiger partial charge in [0.25, 0.3) is 0 Å². The molecule has 1 N–H and O–H groups in total. The molecule has 0 bridgehead atoms. The van der Waals surface area contributed by atoms with Gasteiger partial charge in [-0.1, -0.05) is 39.0 Å². The molecule has 0 fully saturated rings. The molecule has 0 aromatic heterocycles. The van der Waals surface area contributed by atoms with E-state index >= 15 is 0 Å². The fraction of sp³-hybridized carbons (Fsp3) is 1.00. The van der Waals surface area contributed by atoms with Crippen LogP contribution in [0.5, 0.6) is 0 Å². The molecule has 0 heterocycles. The molecule has 0 saturated carbocycles. The lowest BCUT2D eigenvalue weighted by molar-refractivity contribution is 0.174. The summed E-state index contributed by atoms with van der Waals surface area (Å²) in [6.07, 6.45) is 9.49. The highest BCUT2D eigenvalue weighted by Crippen LogP contribution is 2.14. The fourth-order valence-electron chi connectivity index (χ4n) is 1.96. The average Bonchev–Trinajstić information content (AvgIpc) is 2.25. The first-order valence-corrected chi connectivity index (χ1v) is 6.48. The number of rotatable bonds is 11. The van der Waals surface area contributed by atoms with Crippen LogP contribution in [-0.2, 0) is 4.74 Å². The van der Waals surface area contributed by atoms with Crippen LogP contribution in [0.15, 0.2) is 0 Å². The van der Waals surface area contributed by atoms with Gasteiger partial charge in [0.05, 0.1) is 0 Å². The van der Waals surface area contributed by atoms with Crippen LogP contribution >= 0.6 is 0 Å². The van der Waals surface area contributed by atoms with Crippen LogP contribution in [0.25, 0.3) is 0 Å².